The van der Waals surface area contributed by atoms with E-state index in [1.165, 1.54) is 0 Å². The van der Waals surface area contributed by atoms with E-state index in [2.05, 4.69) is 26.4 Å². The van der Waals surface area contributed by atoms with E-state index in [0.29, 0.717) is 23.7 Å². The molecule has 1 heterocycles. The van der Waals surface area contributed by atoms with Crippen molar-refractivity contribution in [3.63, 3.8) is 0 Å². The second-order valence-corrected chi connectivity index (χ2v) is 7.71. The molecular weight excluding hydrogens is 432 g/mol. The molecule has 1 N–H and O–H groups in total. The zero-order valence-corrected chi connectivity index (χ0v) is 17.5. The average Bonchev–Trinajstić information content (AvgIpc) is 2.80. The quantitative estimate of drug-likeness (QED) is 0.646. The predicted octanol–water partition coefficient (Wildman–Crippen LogP) is 5.25. The van der Waals surface area contributed by atoms with Crippen LogP contribution in [0.25, 0.3) is 0 Å². The number of carbonyl (C=O) groups is 1. The number of anilines is 1. The maximum atomic E-state index is 12.2. The Balaban J connectivity index is 1.67. The molecule has 1 aliphatic heterocycles. The molecule has 0 fully saturated rings. The van der Waals surface area contributed by atoms with Crippen LogP contribution in [0.4, 0.5) is 5.69 Å². The standard InChI is InChI=1S/C20H20BrClN2O3/c1-12-8-13(2)20(16(22)9-12)23-19(25)11-27-24-17-4-3-7-26-18-6-5-14(21)10-15(17)18/h5-6,8-10H,3-4,7,11H2,1-2H3,(H,23,25)/b24-17-. The summed E-state index contributed by atoms with van der Waals surface area (Å²) in [6, 6.07) is 9.53. The first-order valence-corrected chi connectivity index (χ1v) is 9.79. The summed E-state index contributed by atoms with van der Waals surface area (Å²) in [6.45, 7) is 4.28. The van der Waals surface area contributed by atoms with Crippen molar-refractivity contribution in [2.75, 3.05) is 18.5 Å². The number of hydrogen-bond acceptors (Lipinski definition) is 4. The highest BCUT2D eigenvalue weighted by molar-refractivity contribution is 9.10. The lowest BCUT2D eigenvalue weighted by atomic mass is 10.1. The molecule has 0 aromatic heterocycles. The van der Waals surface area contributed by atoms with Crippen molar-refractivity contribution in [2.24, 2.45) is 5.16 Å². The molecule has 2 aromatic carbocycles. The Hall–Kier alpha value is -2.05. The largest absolute Gasteiger partial charge is 0.493 e. The fourth-order valence-corrected chi connectivity index (χ4v) is 3.65. The summed E-state index contributed by atoms with van der Waals surface area (Å²) >= 11 is 9.68. The van der Waals surface area contributed by atoms with E-state index in [0.717, 1.165) is 39.0 Å². The van der Waals surface area contributed by atoms with Crippen molar-refractivity contribution in [3.8, 4) is 5.75 Å². The molecule has 0 spiro atoms. The van der Waals surface area contributed by atoms with Crippen LogP contribution < -0.4 is 10.1 Å². The maximum absolute atomic E-state index is 12.2. The smallest absolute Gasteiger partial charge is 0.265 e. The van der Waals surface area contributed by atoms with Crippen LogP contribution in [0.15, 0.2) is 40.0 Å². The molecule has 0 bridgehead atoms. The van der Waals surface area contributed by atoms with Gasteiger partial charge in [-0.3, -0.25) is 4.79 Å². The lowest BCUT2D eigenvalue weighted by Crippen LogP contribution is -2.18. The van der Waals surface area contributed by atoms with E-state index in [-0.39, 0.29) is 12.5 Å². The molecule has 7 heteroatoms. The van der Waals surface area contributed by atoms with E-state index in [4.69, 9.17) is 21.2 Å². The first-order chi connectivity index (χ1) is 12.9. The number of aryl methyl sites for hydroxylation is 2. The van der Waals surface area contributed by atoms with Gasteiger partial charge in [0.2, 0.25) is 0 Å². The molecule has 0 aliphatic carbocycles. The molecule has 0 unspecified atom stereocenters. The van der Waals surface area contributed by atoms with Crippen molar-refractivity contribution in [2.45, 2.75) is 26.7 Å². The Morgan fingerprint density at radius 3 is 2.93 bits per heavy atom. The third-order valence-corrected chi connectivity index (χ3v) is 4.93. The van der Waals surface area contributed by atoms with Gasteiger partial charge in [0.15, 0.2) is 6.61 Å². The lowest BCUT2D eigenvalue weighted by Gasteiger charge is -2.11. The molecule has 2 aromatic rings. The Morgan fingerprint density at radius 2 is 2.15 bits per heavy atom. The zero-order valence-electron chi connectivity index (χ0n) is 15.1. The van der Waals surface area contributed by atoms with Crippen LogP contribution in [0.1, 0.15) is 29.5 Å². The minimum Gasteiger partial charge on any atom is -0.493 e. The highest BCUT2D eigenvalue weighted by atomic mass is 79.9. The van der Waals surface area contributed by atoms with E-state index in [1.807, 2.05) is 44.2 Å². The van der Waals surface area contributed by atoms with Gasteiger partial charge in [-0.25, -0.2) is 0 Å². The van der Waals surface area contributed by atoms with Gasteiger partial charge in [-0.1, -0.05) is 38.8 Å². The number of halogens is 2. The summed E-state index contributed by atoms with van der Waals surface area (Å²) in [7, 11) is 0. The number of carbonyl (C=O) groups excluding carboxylic acids is 1. The number of hydrogen-bond donors (Lipinski definition) is 1. The average molecular weight is 452 g/mol. The molecule has 1 aliphatic rings. The van der Waals surface area contributed by atoms with Crippen molar-refractivity contribution in [1.29, 1.82) is 0 Å². The summed E-state index contributed by atoms with van der Waals surface area (Å²) in [5, 5.41) is 7.48. The third-order valence-electron chi connectivity index (χ3n) is 4.13. The van der Waals surface area contributed by atoms with Gasteiger partial charge in [-0.05, 0) is 62.1 Å². The normalized spacial score (nSPS) is 14.9. The lowest BCUT2D eigenvalue weighted by molar-refractivity contribution is -0.120. The molecule has 0 saturated carbocycles. The molecule has 0 saturated heterocycles. The number of ether oxygens (including phenoxy) is 1. The van der Waals surface area contributed by atoms with Crippen LogP contribution in [0.5, 0.6) is 5.75 Å². The van der Waals surface area contributed by atoms with Crippen LogP contribution in [0, 0.1) is 13.8 Å². The fraction of sp³-hybridized carbons (Fsp3) is 0.300. The van der Waals surface area contributed by atoms with E-state index in [9.17, 15) is 4.79 Å². The van der Waals surface area contributed by atoms with Crippen LogP contribution in [0.2, 0.25) is 5.02 Å². The topological polar surface area (TPSA) is 59.9 Å². The second kappa shape index (κ2) is 8.76. The van der Waals surface area contributed by atoms with Crippen molar-refractivity contribution in [1.82, 2.24) is 0 Å². The summed E-state index contributed by atoms with van der Waals surface area (Å²) in [5.74, 6) is 0.456. The van der Waals surface area contributed by atoms with Crippen LogP contribution in [-0.2, 0) is 9.63 Å². The highest BCUT2D eigenvalue weighted by Crippen LogP contribution is 2.28. The number of nitrogens with zero attached hydrogens (tertiary/aromatic N) is 1. The van der Waals surface area contributed by atoms with Crippen LogP contribution in [-0.4, -0.2) is 24.8 Å². The van der Waals surface area contributed by atoms with Crippen LogP contribution >= 0.6 is 27.5 Å². The maximum Gasteiger partial charge on any atom is 0.265 e. The minimum absolute atomic E-state index is 0.197. The summed E-state index contributed by atoms with van der Waals surface area (Å²) < 4.78 is 6.66. The van der Waals surface area contributed by atoms with Gasteiger partial charge in [0, 0.05) is 10.0 Å². The van der Waals surface area contributed by atoms with Gasteiger partial charge >= 0.3 is 0 Å². The van der Waals surface area contributed by atoms with Gasteiger partial charge in [0.25, 0.3) is 5.91 Å². The zero-order chi connectivity index (χ0) is 19.4. The van der Waals surface area contributed by atoms with Gasteiger partial charge in [0.1, 0.15) is 5.75 Å². The molecular formula is C20H20BrClN2O3. The van der Waals surface area contributed by atoms with E-state index >= 15 is 0 Å². The Morgan fingerprint density at radius 1 is 1.33 bits per heavy atom. The van der Waals surface area contributed by atoms with Crippen molar-refractivity contribution >= 4 is 44.8 Å². The molecule has 27 heavy (non-hydrogen) atoms. The highest BCUT2D eigenvalue weighted by Gasteiger charge is 2.17. The van der Waals surface area contributed by atoms with Crippen molar-refractivity contribution < 1.29 is 14.4 Å². The number of rotatable bonds is 4. The second-order valence-electron chi connectivity index (χ2n) is 6.39. The molecule has 0 atom stereocenters. The first kappa shape index (κ1) is 19.7. The van der Waals surface area contributed by atoms with E-state index < -0.39 is 0 Å². The molecule has 1 amide bonds. The van der Waals surface area contributed by atoms with Gasteiger partial charge in [-0.2, -0.15) is 0 Å². The molecule has 3 rings (SSSR count). The van der Waals surface area contributed by atoms with Gasteiger partial charge in [0.05, 0.1) is 23.0 Å². The third kappa shape index (κ3) is 5.02. The molecule has 0 radical (unpaired) electrons. The summed E-state index contributed by atoms with van der Waals surface area (Å²) in [4.78, 5) is 17.5. The van der Waals surface area contributed by atoms with Crippen LogP contribution in [0.3, 0.4) is 0 Å². The van der Waals surface area contributed by atoms with E-state index in [1.54, 1.807) is 0 Å². The Kier molecular flexibility index (Phi) is 6.39. The Labute approximate surface area is 171 Å². The number of fused-ring (bicyclic) bond motifs is 1. The van der Waals surface area contributed by atoms with Gasteiger partial charge < -0.3 is 14.9 Å². The monoisotopic (exact) mass is 450 g/mol. The van der Waals surface area contributed by atoms with Gasteiger partial charge in [-0.15, -0.1) is 0 Å². The minimum atomic E-state index is -0.312. The van der Waals surface area contributed by atoms with Crippen molar-refractivity contribution in [3.05, 3.63) is 56.5 Å². The number of oxime groups is 1. The predicted molar refractivity (Wildman–Crippen MR) is 111 cm³/mol. The molecule has 142 valence electrons. The number of nitrogens with one attached hydrogen (secondary N) is 1. The SMILES string of the molecule is Cc1cc(C)c(NC(=O)CO/N=C2/CCCOc3ccc(Br)cc32)c(Cl)c1. The number of amides is 1. The number of benzene rings is 2. The summed E-state index contributed by atoms with van der Waals surface area (Å²) in [6.07, 6.45) is 1.55. The Bertz CT molecular complexity index is 876. The first-order valence-electron chi connectivity index (χ1n) is 8.62. The summed E-state index contributed by atoms with van der Waals surface area (Å²) in [5.41, 5.74) is 4.18. The molecule has 5 nitrogen and oxygen atoms in total. The fourth-order valence-electron chi connectivity index (χ4n) is 2.92.